The Kier molecular flexibility index (Phi) is 7.11. The van der Waals surface area contributed by atoms with Crippen LogP contribution in [-0.4, -0.2) is 39.1 Å². The summed E-state index contributed by atoms with van der Waals surface area (Å²) in [5, 5.41) is 1.73. The van der Waals surface area contributed by atoms with E-state index in [4.69, 9.17) is 0 Å². The summed E-state index contributed by atoms with van der Waals surface area (Å²) in [7, 11) is 0. The van der Waals surface area contributed by atoms with E-state index in [9.17, 15) is 4.79 Å². The first-order valence-electron chi connectivity index (χ1n) is 6.93. The number of hydrogen-bond acceptors (Lipinski definition) is 4. The lowest BCUT2D eigenvalue weighted by molar-refractivity contribution is -0.119. The molecule has 0 spiro atoms. The van der Waals surface area contributed by atoms with Gasteiger partial charge in [0, 0.05) is 36.7 Å². The van der Waals surface area contributed by atoms with E-state index in [0.29, 0.717) is 13.0 Å². The molecular weight excluding hydrogens is 296 g/mol. The molecule has 0 fully saturated rings. The zero-order valence-electron chi connectivity index (χ0n) is 12.6. The Bertz CT molecular complexity index is 597. The van der Waals surface area contributed by atoms with Gasteiger partial charge in [0.15, 0.2) is 0 Å². The fourth-order valence-corrected chi connectivity index (χ4v) is 2.51. The predicted molar refractivity (Wildman–Crippen MR) is 93.7 cm³/mol. The maximum Gasteiger partial charge on any atom is 0.242 e. The molecule has 0 aliphatic heterocycles. The van der Waals surface area contributed by atoms with Crippen LogP contribution in [0.2, 0.25) is 0 Å². The zero-order valence-corrected chi connectivity index (χ0v) is 13.4. The maximum atomic E-state index is 12.3. The summed E-state index contributed by atoms with van der Waals surface area (Å²) in [4.78, 5) is 20.9. The van der Waals surface area contributed by atoms with Gasteiger partial charge in [-0.15, -0.1) is 0 Å². The van der Waals surface area contributed by atoms with Crippen LogP contribution in [0.25, 0.3) is 11.3 Å². The van der Waals surface area contributed by atoms with Gasteiger partial charge >= 0.3 is 0 Å². The molecule has 22 heavy (non-hydrogen) atoms. The molecule has 0 aliphatic carbocycles. The zero-order chi connectivity index (χ0) is 15.2. The lowest BCUT2D eigenvalue weighted by atomic mass is 10.2. The molecule has 2 rings (SSSR count). The number of carbonyl (C=O) groups is 1. The van der Waals surface area contributed by atoms with Gasteiger partial charge in [-0.05, 0) is 32.2 Å². The van der Waals surface area contributed by atoms with E-state index in [1.54, 1.807) is 29.2 Å². The number of carbonyl (C=O) groups excluding carboxylic acids is 1. The molecular formula is C16H24N4OS. The van der Waals surface area contributed by atoms with Crippen molar-refractivity contribution in [3.8, 4) is 11.3 Å². The minimum atomic E-state index is 0. The van der Waals surface area contributed by atoms with Crippen molar-refractivity contribution in [1.29, 1.82) is 0 Å². The van der Waals surface area contributed by atoms with Crippen molar-refractivity contribution in [3.05, 3.63) is 36.5 Å². The number of aryl methyl sites for hydroxylation is 1. The predicted octanol–water partition coefficient (Wildman–Crippen LogP) is 3.13. The summed E-state index contributed by atoms with van der Waals surface area (Å²) in [6.07, 6.45) is 7.95. The molecule has 5 nitrogen and oxygen atoms in total. The Morgan fingerprint density at radius 1 is 1.45 bits per heavy atom. The van der Waals surface area contributed by atoms with Gasteiger partial charge in [-0.25, -0.2) is 14.7 Å². The Morgan fingerprint density at radius 3 is 2.82 bits per heavy atom. The SMILES string of the molecule is C.CCN(C(=O)CCSC)n1cc(-c2cccnc2)nc1C. The van der Waals surface area contributed by atoms with Crippen LogP contribution in [0.5, 0.6) is 0 Å². The van der Waals surface area contributed by atoms with Crippen molar-refractivity contribution in [2.24, 2.45) is 0 Å². The number of thioether (sulfide) groups is 1. The summed E-state index contributed by atoms with van der Waals surface area (Å²) in [6.45, 7) is 4.50. The van der Waals surface area contributed by atoms with E-state index in [1.807, 2.05) is 43.1 Å². The molecule has 0 N–H and O–H groups in total. The molecule has 0 aromatic carbocycles. The highest BCUT2D eigenvalue weighted by Gasteiger charge is 2.17. The van der Waals surface area contributed by atoms with E-state index in [1.165, 1.54) is 0 Å². The monoisotopic (exact) mass is 320 g/mol. The third-order valence-corrected chi connectivity index (χ3v) is 3.80. The third kappa shape index (κ3) is 4.10. The molecule has 0 radical (unpaired) electrons. The number of imidazole rings is 1. The number of rotatable bonds is 6. The smallest absolute Gasteiger partial charge is 0.242 e. The van der Waals surface area contributed by atoms with Gasteiger partial charge in [-0.1, -0.05) is 7.43 Å². The van der Waals surface area contributed by atoms with Crippen molar-refractivity contribution in [2.75, 3.05) is 23.6 Å². The lowest BCUT2D eigenvalue weighted by Gasteiger charge is -2.22. The number of pyridine rings is 1. The van der Waals surface area contributed by atoms with E-state index in [0.717, 1.165) is 22.8 Å². The number of hydrogen-bond donors (Lipinski definition) is 0. The van der Waals surface area contributed by atoms with Crippen molar-refractivity contribution in [3.63, 3.8) is 0 Å². The van der Waals surface area contributed by atoms with Gasteiger partial charge in [0.2, 0.25) is 5.91 Å². The van der Waals surface area contributed by atoms with Crippen molar-refractivity contribution in [1.82, 2.24) is 14.6 Å². The van der Waals surface area contributed by atoms with Gasteiger partial charge in [0.05, 0.1) is 11.9 Å². The molecule has 0 saturated heterocycles. The topological polar surface area (TPSA) is 51.0 Å². The second-order valence-corrected chi connectivity index (χ2v) is 5.60. The Balaban J connectivity index is 0.00000242. The van der Waals surface area contributed by atoms with Crippen LogP contribution in [0.15, 0.2) is 30.7 Å². The van der Waals surface area contributed by atoms with Crippen LogP contribution >= 0.6 is 11.8 Å². The largest absolute Gasteiger partial charge is 0.273 e. The van der Waals surface area contributed by atoms with Crippen molar-refractivity contribution in [2.45, 2.75) is 27.7 Å². The van der Waals surface area contributed by atoms with E-state index in [2.05, 4.69) is 9.97 Å². The molecule has 6 heteroatoms. The summed E-state index contributed by atoms with van der Waals surface area (Å²) >= 11 is 1.68. The molecule has 2 aromatic rings. The standard InChI is InChI=1S/C15H20N4OS.CH4/c1-4-18(15(20)7-9-21-3)19-11-14(17-12(19)2)13-6-5-8-16-10-13;/h5-6,8,10-11H,4,7,9H2,1-3H3;1H4. The van der Waals surface area contributed by atoms with Gasteiger partial charge in [-0.3, -0.25) is 9.78 Å². The number of aromatic nitrogens is 3. The van der Waals surface area contributed by atoms with Gasteiger partial charge in [0.25, 0.3) is 0 Å². The third-order valence-electron chi connectivity index (χ3n) is 3.18. The Morgan fingerprint density at radius 2 is 2.23 bits per heavy atom. The highest BCUT2D eigenvalue weighted by molar-refractivity contribution is 7.98. The average molecular weight is 320 g/mol. The molecule has 1 amide bonds. The first-order valence-corrected chi connectivity index (χ1v) is 8.32. The fourth-order valence-electron chi connectivity index (χ4n) is 2.13. The summed E-state index contributed by atoms with van der Waals surface area (Å²) in [5.41, 5.74) is 1.78. The molecule has 0 atom stereocenters. The average Bonchev–Trinajstić information content (AvgIpc) is 2.89. The second kappa shape index (κ2) is 8.58. The number of amides is 1. The van der Waals surface area contributed by atoms with Crippen molar-refractivity contribution < 1.29 is 4.79 Å². The second-order valence-electron chi connectivity index (χ2n) is 4.61. The molecule has 0 unspecified atom stereocenters. The fraction of sp³-hybridized carbons (Fsp3) is 0.438. The van der Waals surface area contributed by atoms with Crippen LogP contribution in [0.1, 0.15) is 26.6 Å². The molecule has 2 heterocycles. The Labute approximate surface area is 136 Å². The first kappa shape index (κ1) is 18.2. The maximum absolute atomic E-state index is 12.3. The number of nitrogens with zero attached hydrogens (tertiary/aromatic N) is 4. The molecule has 0 aliphatic rings. The molecule has 2 aromatic heterocycles. The van der Waals surface area contributed by atoms with Crippen LogP contribution in [0.4, 0.5) is 0 Å². The van der Waals surface area contributed by atoms with Crippen LogP contribution < -0.4 is 5.01 Å². The summed E-state index contributed by atoms with van der Waals surface area (Å²) in [5.74, 6) is 1.75. The first-order chi connectivity index (χ1) is 10.2. The van der Waals surface area contributed by atoms with Crippen LogP contribution in [0.3, 0.4) is 0 Å². The van der Waals surface area contributed by atoms with Gasteiger partial charge in [0.1, 0.15) is 5.82 Å². The molecule has 0 bridgehead atoms. The van der Waals surface area contributed by atoms with Crippen molar-refractivity contribution >= 4 is 17.7 Å². The van der Waals surface area contributed by atoms with E-state index < -0.39 is 0 Å². The lowest BCUT2D eigenvalue weighted by Crippen LogP contribution is -2.40. The van der Waals surface area contributed by atoms with Gasteiger partial charge < -0.3 is 0 Å². The Hall–Kier alpha value is -1.82. The van der Waals surface area contributed by atoms with Crippen LogP contribution in [-0.2, 0) is 4.79 Å². The van der Waals surface area contributed by atoms with Crippen LogP contribution in [0, 0.1) is 6.92 Å². The highest BCUT2D eigenvalue weighted by Crippen LogP contribution is 2.17. The normalized spacial score (nSPS) is 10.1. The summed E-state index contributed by atoms with van der Waals surface area (Å²) < 4.78 is 1.84. The van der Waals surface area contributed by atoms with Gasteiger partial charge in [-0.2, -0.15) is 11.8 Å². The van der Waals surface area contributed by atoms with E-state index in [-0.39, 0.29) is 13.3 Å². The molecule has 120 valence electrons. The minimum Gasteiger partial charge on any atom is -0.273 e. The highest BCUT2D eigenvalue weighted by atomic mass is 32.2. The molecule has 0 saturated carbocycles. The quantitative estimate of drug-likeness (QED) is 0.820. The summed E-state index contributed by atoms with van der Waals surface area (Å²) in [6, 6.07) is 3.84. The van der Waals surface area contributed by atoms with E-state index >= 15 is 0 Å². The minimum absolute atomic E-state index is 0.